The van der Waals surface area contributed by atoms with Gasteiger partial charge >= 0.3 is 0 Å². The van der Waals surface area contributed by atoms with Crippen molar-refractivity contribution in [2.45, 2.75) is 13.8 Å². The van der Waals surface area contributed by atoms with Crippen LogP contribution in [0.25, 0.3) is 0 Å². The first-order chi connectivity index (χ1) is 6.86. The number of aromatic nitrogens is 1. The summed E-state index contributed by atoms with van der Waals surface area (Å²) in [5, 5.41) is 0. The zero-order chi connectivity index (χ0) is 10.2. The molecular formula is C12H16N2. The van der Waals surface area contributed by atoms with Crippen molar-refractivity contribution in [2.24, 2.45) is 0 Å². The fourth-order valence-electron chi connectivity index (χ4n) is 1.13. The minimum absolute atomic E-state index is 0.823. The van der Waals surface area contributed by atoms with Crippen molar-refractivity contribution in [1.29, 1.82) is 0 Å². The van der Waals surface area contributed by atoms with Crippen LogP contribution < -0.4 is 0 Å². The zero-order valence-electron chi connectivity index (χ0n) is 8.83. The van der Waals surface area contributed by atoms with Gasteiger partial charge in [-0.25, -0.2) is 4.98 Å². The molecule has 0 amide bonds. The van der Waals surface area contributed by atoms with Crippen LogP contribution in [0.2, 0.25) is 0 Å². The van der Waals surface area contributed by atoms with E-state index in [0.717, 1.165) is 25.3 Å². The number of pyridine rings is 1. The van der Waals surface area contributed by atoms with Gasteiger partial charge in [-0.3, -0.25) is 4.90 Å². The van der Waals surface area contributed by atoms with Crippen LogP contribution in [0.1, 0.15) is 19.5 Å². The second kappa shape index (κ2) is 6.17. The van der Waals surface area contributed by atoms with Crippen LogP contribution in [-0.2, 0) is 0 Å². The van der Waals surface area contributed by atoms with E-state index in [2.05, 4.69) is 35.6 Å². The van der Waals surface area contributed by atoms with Gasteiger partial charge in [-0.05, 0) is 31.1 Å². The van der Waals surface area contributed by atoms with Crippen LogP contribution in [0, 0.1) is 11.8 Å². The molecule has 2 nitrogen and oxygen atoms in total. The highest BCUT2D eigenvalue weighted by molar-refractivity contribution is 5.26. The van der Waals surface area contributed by atoms with Gasteiger partial charge < -0.3 is 0 Å². The van der Waals surface area contributed by atoms with Gasteiger partial charge in [0.1, 0.15) is 5.69 Å². The predicted molar refractivity (Wildman–Crippen MR) is 58.9 cm³/mol. The Morgan fingerprint density at radius 2 is 2.07 bits per heavy atom. The van der Waals surface area contributed by atoms with Gasteiger partial charge in [0.2, 0.25) is 0 Å². The van der Waals surface area contributed by atoms with Gasteiger partial charge in [0, 0.05) is 6.20 Å². The third kappa shape index (κ3) is 3.59. The fraction of sp³-hybridized carbons (Fsp3) is 0.417. The third-order valence-corrected chi connectivity index (χ3v) is 2.08. The standard InChI is InChI=1S/C12H16N2/c1-3-14(4-2)11-7-9-12-8-5-6-10-13-12/h5-6,8,10H,3-4,11H2,1-2H3. The van der Waals surface area contributed by atoms with Crippen molar-refractivity contribution in [2.75, 3.05) is 19.6 Å². The van der Waals surface area contributed by atoms with Gasteiger partial charge in [-0.2, -0.15) is 0 Å². The largest absolute Gasteiger partial charge is 0.293 e. The molecule has 0 bridgehead atoms. The van der Waals surface area contributed by atoms with E-state index in [9.17, 15) is 0 Å². The second-order valence-electron chi connectivity index (χ2n) is 2.98. The first-order valence-corrected chi connectivity index (χ1v) is 4.99. The molecule has 2 heteroatoms. The normalized spacial score (nSPS) is 9.64. The van der Waals surface area contributed by atoms with Gasteiger partial charge in [-0.15, -0.1) is 0 Å². The molecule has 0 aromatic carbocycles. The van der Waals surface area contributed by atoms with Crippen LogP contribution in [-0.4, -0.2) is 29.5 Å². The fourth-order valence-corrected chi connectivity index (χ4v) is 1.13. The van der Waals surface area contributed by atoms with Crippen molar-refractivity contribution in [1.82, 2.24) is 9.88 Å². The minimum atomic E-state index is 0.823. The lowest BCUT2D eigenvalue weighted by Gasteiger charge is -2.12. The first-order valence-electron chi connectivity index (χ1n) is 4.99. The molecular weight excluding hydrogens is 172 g/mol. The maximum Gasteiger partial charge on any atom is 0.113 e. The first kappa shape index (κ1) is 10.7. The van der Waals surface area contributed by atoms with Gasteiger partial charge in [0.15, 0.2) is 0 Å². The van der Waals surface area contributed by atoms with E-state index in [4.69, 9.17) is 0 Å². The Morgan fingerprint density at radius 1 is 1.29 bits per heavy atom. The van der Waals surface area contributed by atoms with Crippen molar-refractivity contribution in [3.05, 3.63) is 30.1 Å². The Labute approximate surface area is 86.0 Å². The number of hydrogen-bond donors (Lipinski definition) is 0. The molecule has 0 spiro atoms. The smallest absolute Gasteiger partial charge is 0.113 e. The van der Waals surface area contributed by atoms with E-state index in [1.54, 1.807) is 6.20 Å². The minimum Gasteiger partial charge on any atom is -0.293 e. The summed E-state index contributed by atoms with van der Waals surface area (Å²) in [6.45, 7) is 7.21. The Balaban J connectivity index is 2.48. The van der Waals surface area contributed by atoms with Crippen LogP contribution in [0.3, 0.4) is 0 Å². The summed E-state index contributed by atoms with van der Waals surface area (Å²) in [5.41, 5.74) is 0.847. The second-order valence-corrected chi connectivity index (χ2v) is 2.98. The topological polar surface area (TPSA) is 16.1 Å². The Morgan fingerprint density at radius 3 is 2.64 bits per heavy atom. The average Bonchev–Trinajstić information content (AvgIpc) is 2.26. The molecule has 14 heavy (non-hydrogen) atoms. The highest BCUT2D eigenvalue weighted by Crippen LogP contribution is 1.90. The zero-order valence-corrected chi connectivity index (χ0v) is 8.83. The van der Waals surface area contributed by atoms with E-state index in [1.807, 2.05) is 18.2 Å². The SMILES string of the molecule is CCN(CC)CC#Cc1ccccn1. The Bertz CT molecular complexity index is 304. The van der Waals surface area contributed by atoms with E-state index in [0.29, 0.717) is 0 Å². The van der Waals surface area contributed by atoms with E-state index in [1.165, 1.54) is 0 Å². The number of hydrogen-bond acceptors (Lipinski definition) is 2. The van der Waals surface area contributed by atoms with Crippen LogP contribution >= 0.6 is 0 Å². The lowest BCUT2D eigenvalue weighted by atomic mass is 10.3. The molecule has 1 aromatic heterocycles. The molecule has 0 aliphatic carbocycles. The molecule has 1 aromatic rings. The predicted octanol–water partition coefficient (Wildman–Crippen LogP) is 1.77. The van der Waals surface area contributed by atoms with Crippen molar-refractivity contribution in [3.63, 3.8) is 0 Å². The highest BCUT2D eigenvalue weighted by Gasteiger charge is 1.93. The summed E-state index contributed by atoms with van der Waals surface area (Å²) in [5.74, 6) is 6.16. The maximum absolute atomic E-state index is 4.14. The van der Waals surface area contributed by atoms with E-state index in [-0.39, 0.29) is 0 Å². The Hall–Kier alpha value is -1.33. The molecule has 1 rings (SSSR count). The number of rotatable bonds is 3. The molecule has 0 aliphatic heterocycles. The molecule has 0 radical (unpaired) electrons. The number of nitrogens with zero attached hydrogens (tertiary/aromatic N) is 2. The molecule has 0 unspecified atom stereocenters. The van der Waals surface area contributed by atoms with Crippen LogP contribution in [0.4, 0.5) is 0 Å². The summed E-state index contributed by atoms with van der Waals surface area (Å²) < 4.78 is 0. The summed E-state index contributed by atoms with van der Waals surface area (Å²) in [6.07, 6.45) is 1.77. The molecule has 0 N–H and O–H groups in total. The van der Waals surface area contributed by atoms with Gasteiger partial charge in [-0.1, -0.05) is 25.8 Å². The van der Waals surface area contributed by atoms with Crippen molar-refractivity contribution < 1.29 is 0 Å². The van der Waals surface area contributed by atoms with Gasteiger partial charge in [0.05, 0.1) is 6.54 Å². The summed E-state index contributed by atoms with van der Waals surface area (Å²) >= 11 is 0. The molecule has 0 atom stereocenters. The molecule has 0 fully saturated rings. The quantitative estimate of drug-likeness (QED) is 0.672. The lowest BCUT2D eigenvalue weighted by Crippen LogP contribution is -2.22. The summed E-state index contributed by atoms with van der Waals surface area (Å²) in [4.78, 5) is 6.41. The molecule has 0 saturated carbocycles. The van der Waals surface area contributed by atoms with Crippen LogP contribution in [0.5, 0.6) is 0 Å². The molecule has 0 aliphatic rings. The monoisotopic (exact) mass is 188 g/mol. The lowest BCUT2D eigenvalue weighted by molar-refractivity contribution is 0.342. The van der Waals surface area contributed by atoms with E-state index < -0.39 is 0 Å². The molecule has 74 valence electrons. The maximum atomic E-state index is 4.14. The highest BCUT2D eigenvalue weighted by atomic mass is 15.1. The van der Waals surface area contributed by atoms with E-state index >= 15 is 0 Å². The molecule has 0 saturated heterocycles. The van der Waals surface area contributed by atoms with Gasteiger partial charge in [0.25, 0.3) is 0 Å². The van der Waals surface area contributed by atoms with Crippen molar-refractivity contribution >= 4 is 0 Å². The summed E-state index contributed by atoms with van der Waals surface area (Å²) in [6, 6.07) is 5.78. The average molecular weight is 188 g/mol. The van der Waals surface area contributed by atoms with Crippen molar-refractivity contribution in [3.8, 4) is 11.8 Å². The van der Waals surface area contributed by atoms with Crippen LogP contribution in [0.15, 0.2) is 24.4 Å². The summed E-state index contributed by atoms with van der Waals surface area (Å²) in [7, 11) is 0. The third-order valence-electron chi connectivity index (χ3n) is 2.08. The molecule has 1 heterocycles. The Kier molecular flexibility index (Phi) is 4.74.